The molecular weight excluding hydrogens is 288 g/mol. The van der Waals surface area contributed by atoms with Crippen LogP contribution in [0.4, 0.5) is 17.6 Å². The van der Waals surface area contributed by atoms with Gasteiger partial charge < -0.3 is 11.1 Å². The highest BCUT2D eigenvalue weighted by atomic mass is 19.4. The highest BCUT2D eigenvalue weighted by Crippen LogP contribution is 2.30. The van der Waals surface area contributed by atoms with Crippen molar-refractivity contribution in [3.63, 3.8) is 0 Å². The quantitative estimate of drug-likeness (QED) is 0.840. The number of benzene rings is 1. The van der Waals surface area contributed by atoms with Gasteiger partial charge in [0.1, 0.15) is 5.82 Å². The zero-order valence-electron chi connectivity index (χ0n) is 12.0. The maximum Gasteiger partial charge on any atom is 0.416 e. The van der Waals surface area contributed by atoms with Crippen molar-refractivity contribution in [1.29, 1.82) is 0 Å². The van der Waals surface area contributed by atoms with E-state index in [9.17, 15) is 22.4 Å². The molecule has 7 heteroatoms. The van der Waals surface area contributed by atoms with Crippen LogP contribution in [0, 0.1) is 11.7 Å². The molecule has 1 amide bonds. The molecule has 0 heterocycles. The lowest BCUT2D eigenvalue weighted by Crippen LogP contribution is -2.55. The van der Waals surface area contributed by atoms with Crippen LogP contribution in [-0.2, 0) is 6.18 Å². The standard InChI is InChI=1S/C14H18F4N2O/c1-8(2)13(3,7-19)20-12(21)9-4-10(14(16,17)18)6-11(15)5-9/h4-6,8H,7,19H2,1-3H3,(H,20,21). The van der Waals surface area contributed by atoms with Crippen LogP contribution in [0.15, 0.2) is 18.2 Å². The number of alkyl halides is 3. The van der Waals surface area contributed by atoms with Crippen molar-refractivity contribution in [2.75, 3.05) is 6.54 Å². The zero-order chi connectivity index (χ0) is 16.4. The summed E-state index contributed by atoms with van der Waals surface area (Å²) in [4.78, 5) is 12.1. The summed E-state index contributed by atoms with van der Waals surface area (Å²) in [5.74, 6) is -1.95. The van der Waals surface area contributed by atoms with Crippen molar-refractivity contribution in [3.8, 4) is 0 Å². The minimum atomic E-state index is -4.72. The Balaban J connectivity index is 3.11. The van der Waals surface area contributed by atoms with Crippen LogP contribution in [0.1, 0.15) is 36.7 Å². The zero-order valence-corrected chi connectivity index (χ0v) is 12.0. The Morgan fingerprint density at radius 1 is 1.29 bits per heavy atom. The second-order valence-corrected chi connectivity index (χ2v) is 5.46. The van der Waals surface area contributed by atoms with E-state index >= 15 is 0 Å². The van der Waals surface area contributed by atoms with Gasteiger partial charge in [0.25, 0.3) is 5.91 Å². The van der Waals surface area contributed by atoms with E-state index in [-0.39, 0.29) is 18.0 Å². The largest absolute Gasteiger partial charge is 0.416 e. The molecule has 1 unspecified atom stereocenters. The van der Waals surface area contributed by atoms with E-state index in [4.69, 9.17) is 5.73 Å². The van der Waals surface area contributed by atoms with Crippen molar-refractivity contribution in [3.05, 3.63) is 35.1 Å². The first-order valence-electron chi connectivity index (χ1n) is 6.40. The highest BCUT2D eigenvalue weighted by Gasteiger charge is 2.33. The molecule has 1 atom stereocenters. The lowest BCUT2D eigenvalue weighted by Gasteiger charge is -2.33. The maximum absolute atomic E-state index is 13.3. The smallest absolute Gasteiger partial charge is 0.345 e. The average molecular weight is 306 g/mol. The summed E-state index contributed by atoms with van der Waals surface area (Å²) < 4.78 is 51.2. The third-order valence-corrected chi connectivity index (χ3v) is 3.58. The van der Waals surface area contributed by atoms with Crippen molar-refractivity contribution < 1.29 is 22.4 Å². The topological polar surface area (TPSA) is 55.1 Å². The number of halogens is 4. The molecule has 118 valence electrons. The number of carbonyl (C=O) groups is 1. The van der Waals surface area contributed by atoms with E-state index in [0.29, 0.717) is 12.1 Å². The molecule has 0 aliphatic rings. The van der Waals surface area contributed by atoms with Crippen LogP contribution in [-0.4, -0.2) is 18.0 Å². The minimum absolute atomic E-state index is 0.0397. The lowest BCUT2D eigenvalue weighted by molar-refractivity contribution is -0.137. The molecule has 21 heavy (non-hydrogen) atoms. The molecule has 0 aliphatic carbocycles. The molecule has 0 radical (unpaired) electrons. The van der Waals surface area contributed by atoms with Crippen LogP contribution in [0.25, 0.3) is 0 Å². The maximum atomic E-state index is 13.3. The molecule has 0 fully saturated rings. The highest BCUT2D eigenvalue weighted by molar-refractivity contribution is 5.95. The summed E-state index contributed by atoms with van der Waals surface area (Å²) in [5.41, 5.74) is 3.22. The molecule has 0 spiro atoms. The molecule has 0 saturated carbocycles. The number of hydrogen-bond donors (Lipinski definition) is 2. The number of carbonyl (C=O) groups excluding carboxylic acids is 1. The van der Waals surface area contributed by atoms with E-state index < -0.39 is 29.0 Å². The molecule has 1 aromatic carbocycles. The fraction of sp³-hybridized carbons (Fsp3) is 0.500. The van der Waals surface area contributed by atoms with Gasteiger partial charge in [0.15, 0.2) is 0 Å². The number of amides is 1. The van der Waals surface area contributed by atoms with E-state index in [1.807, 2.05) is 13.8 Å². The van der Waals surface area contributed by atoms with Crippen molar-refractivity contribution in [2.24, 2.45) is 11.7 Å². The second-order valence-electron chi connectivity index (χ2n) is 5.46. The van der Waals surface area contributed by atoms with Gasteiger partial charge in [-0.05, 0) is 31.0 Å². The van der Waals surface area contributed by atoms with Crippen LogP contribution < -0.4 is 11.1 Å². The third-order valence-electron chi connectivity index (χ3n) is 3.58. The van der Waals surface area contributed by atoms with Gasteiger partial charge in [-0.25, -0.2) is 4.39 Å². The Bertz CT molecular complexity index is 528. The number of nitrogens with one attached hydrogen (secondary N) is 1. The summed E-state index contributed by atoms with van der Waals surface area (Å²) in [6.07, 6.45) is -4.72. The van der Waals surface area contributed by atoms with E-state index in [1.54, 1.807) is 6.92 Å². The lowest BCUT2D eigenvalue weighted by atomic mass is 9.88. The summed E-state index contributed by atoms with van der Waals surface area (Å²) in [6.45, 7) is 5.43. The van der Waals surface area contributed by atoms with Gasteiger partial charge in [-0.15, -0.1) is 0 Å². The molecule has 0 bridgehead atoms. The number of hydrogen-bond acceptors (Lipinski definition) is 2. The normalized spacial score (nSPS) is 14.9. The fourth-order valence-electron chi connectivity index (χ4n) is 1.65. The number of nitrogens with two attached hydrogens (primary N) is 1. The molecule has 3 nitrogen and oxygen atoms in total. The van der Waals surface area contributed by atoms with Crippen LogP contribution in [0.2, 0.25) is 0 Å². The monoisotopic (exact) mass is 306 g/mol. The summed E-state index contributed by atoms with van der Waals surface area (Å²) >= 11 is 0. The minimum Gasteiger partial charge on any atom is -0.345 e. The van der Waals surface area contributed by atoms with Crippen LogP contribution >= 0.6 is 0 Å². The van der Waals surface area contributed by atoms with Crippen LogP contribution in [0.5, 0.6) is 0 Å². The van der Waals surface area contributed by atoms with Crippen LogP contribution in [0.3, 0.4) is 0 Å². The van der Waals surface area contributed by atoms with Gasteiger partial charge in [0.2, 0.25) is 0 Å². The molecule has 0 aliphatic heterocycles. The third kappa shape index (κ3) is 4.17. The predicted molar refractivity (Wildman–Crippen MR) is 71.2 cm³/mol. The first-order chi connectivity index (χ1) is 9.49. The predicted octanol–water partition coefficient (Wildman–Crippen LogP) is 2.95. The fourth-order valence-corrected chi connectivity index (χ4v) is 1.65. The van der Waals surface area contributed by atoms with Gasteiger partial charge in [-0.2, -0.15) is 13.2 Å². The van der Waals surface area contributed by atoms with Gasteiger partial charge in [0, 0.05) is 12.1 Å². The summed E-state index contributed by atoms with van der Waals surface area (Å²) in [7, 11) is 0. The molecular formula is C14H18F4N2O. The first kappa shape index (κ1) is 17.4. The Labute approximate surface area is 120 Å². The van der Waals surface area contributed by atoms with Crippen molar-refractivity contribution in [2.45, 2.75) is 32.5 Å². The Hall–Kier alpha value is -1.63. The van der Waals surface area contributed by atoms with Gasteiger partial charge in [0.05, 0.1) is 11.1 Å². The first-order valence-corrected chi connectivity index (χ1v) is 6.40. The second kappa shape index (κ2) is 6.01. The summed E-state index contributed by atoms with van der Waals surface area (Å²) in [6, 6.07) is 1.73. The van der Waals surface area contributed by atoms with E-state index in [1.165, 1.54) is 0 Å². The van der Waals surface area contributed by atoms with E-state index in [0.717, 1.165) is 6.07 Å². The Kier molecular flexibility index (Phi) is 4.99. The van der Waals surface area contributed by atoms with Gasteiger partial charge >= 0.3 is 6.18 Å². The molecule has 1 rings (SSSR count). The van der Waals surface area contributed by atoms with Crippen molar-refractivity contribution in [1.82, 2.24) is 5.32 Å². The Morgan fingerprint density at radius 3 is 2.29 bits per heavy atom. The van der Waals surface area contributed by atoms with Crippen molar-refractivity contribution >= 4 is 5.91 Å². The molecule has 0 aromatic heterocycles. The molecule has 0 saturated heterocycles. The molecule has 1 aromatic rings. The number of rotatable bonds is 4. The average Bonchev–Trinajstić information content (AvgIpc) is 2.36. The van der Waals surface area contributed by atoms with Gasteiger partial charge in [-0.1, -0.05) is 13.8 Å². The molecule has 3 N–H and O–H groups in total. The summed E-state index contributed by atoms with van der Waals surface area (Å²) in [5, 5.41) is 2.57. The SMILES string of the molecule is CC(C)C(C)(CN)NC(=O)c1cc(F)cc(C(F)(F)F)c1. The van der Waals surface area contributed by atoms with E-state index in [2.05, 4.69) is 5.32 Å². The van der Waals surface area contributed by atoms with Gasteiger partial charge in [-0.3, -0.25) is 4.79 Å². The Morgan fingerprint density at radius 2 is 1.86 bits per heavy atom.